The van der Waals surface area contributed by atoms with E-state index in [1.807, 2.05) is 65.0 Å². The summed E-state index contributed by atoms with van der Waals surface area (Å²) in [5, 5.41) is 11.6. The number of aliphatic hydroxyl groups is 1. The molecular weight excluding hydrogens is 326 g/mol. The van der Waals surface area contributed by atoms with Gasteiger partial charge in [0.15, 0.2) is 0 Å². The predicted molar refractivity (Wildman–Crippen MR) is 101 cm³/mol. The number of fused-ring (bicyclic) bond motifs is 1. The van der Waals surface area contributed by atoms with Crippen LogP contribution in [0.2, 0.25) is 0 Å². The monoisotopic (exact) mass is 349 g/mol. The van der Waals surface area contributed by atoms with Gasteiger partial charge in [0, 0.05) is 37.2 Å². The lowest BCUT2D eigenvalue weighted by Gasteiger charge is -2.34. The molecule has 0 saturated carbocycles. The summed E-state index contributed by atoms with van der Waals surface area (Å²) in [5.74, 6) is 0.205. The van der Waals surface area contributed by atoms with Gasteiger partial charge in [0.25, 0.3) is 5.91 Å². The van der Waals surface area contributed by atoms with E-state index in [0.717, 1.165) is 29.4 Å². The van der Waals surface area contributed by atoms with Crippen LogP contribution in [0.4, 0.5) is 0 Å². The smallest absolute Gasteiger partial charge is 0.270 e. The van der Waals surface area contributed by atoms with Crippen molar-refractivity contribution in [1.82, 2.24) is 14.5 Å². The van der Waals surface area contributed by atoms with Crippen molar-refractivity contribution in [2.45, 2.75) is 18.9 Å². The lowest BCUT2D eigenvalue weighted by atomic mass is 9.89. The summed E-state index contributed by atoms with van der Waals surface area (Å²) in [7, 11) is 1.94. The lowest BCUT2D eigenvalue weighted by molar-refractivity contribution is 0.0442. The Morgan fingerprint density at radius 2 is 1.88 bits per heavy atom. The van der Waals surface area contributed by atoms with Gasteiger partial charge in [0.2, 0.25) is 0 Å². The fraction of sp³-hybridized carbons (Fsp3) is 0.333. The molecule has 0 unspecified atom stereocenters. The molecule has 0 radical (unpaired) electrons. The zero-order valence-corrected chi connectivity index (χ0v) is 14.9. The van der Waals surface area contributed by atoms with Crippen molar-refractivity contribution >= 4 is 16.8 Å². The fourth-order valence-electron chi connectivity index (χ4n) is 3.87. The number of aliphatic hydroxyl groups excluding tert-OH is 1. The van der Waals surface area contributed by atoms with Gasteiger partial charge in [-0.1, -0.05) is 24.3 Å². The van der Waals surface area contributed by atoms with Gasteiger partial charge in [0.05, 0.1) is 11.8 Å². The molecular formula is C21H23N3O2. The first-order chi connectivity index (χ1) is 12.6. The van der Waals surface area contributed by atoms with Crippen molar-refractivity contribution in [2.75, 3.05) is 13.1 Å². The number of amides is 1. The number of rotatable bonds is 3. The molecule has 5 heteroatoms. The Hall–Kier alpha value is -2.66. The molecule has 1 fully saturated rings. The van der Waals surface area contributed by atoms with E-state index >= 15 is 0 Å². The van der Waals surface area contributed by atoms with Crippen molar-refractivity contribution in [1.29, 1.82) is 0 Å². The molecule has 1 atom stereocenters. The van der Waals surface area contributed by atoms with Gasteiger partial charge in [-0.05, 0) is 43.0 Å². The normalized spacial score (nSPS) is 16.8. The average molecular weight is 349 g/mol. The van der Waals surface area contributed by atoms with Gasteiger partial charge in [-0.3, -0.25) is 9.78 Å². The number of aromatic nitrogens is 2. The molecule has 0 bridgehead atoms. The second-order valence-electron chi connectivity index (χ2n) is 6.98. The number of likely N-dealkylation sites (tertiary alicyclic amines) is 1. The van der Waals surface area contributed by atoms with E-state index in [4.69, 9.17) is 0 Å². The van der Waals surface area contributed by atoms with E-state index in [-0.39, 0.29) is 11.8 Å². The maximum Gasteiger partial charge on any atom is 0.270 e. The maximum absolute atomic E-state index is 13.0. The minimum Gasteiger partial charge on any atom is -0.387 e. The van der Waals surface area contributed by atoms with Crippen LogP contribution in [0.1, 0.15) is 35.1 Å². The van der Waals surface area contributed by atoms with E-state index in [9.17, 15) is 9.90 Å². The summed E-state index contributed by atoms with van der Waals surface area (Å²) >= 11 is 0. The number of aryl methyl sites for hydroxylation is 1. The standard InChI is InChI=1S/C21H23N3O2/c1-23-18-8-3-2-6-16(18)14-19(23)21(26)24-12-9-15(10-13-24)20(25)17-7-4-5-11-22-17/h2-8,11,14-15,20,25H,9-10,12-13H2,1H3/t20-/m0/s1. The van der Waals surface area contributed by atoms with Gasteiger partial charge >= 0.3 is 0 Å². The van der Waals surface area contributed by atoms with Gasteiger partial charge in [0.1, 0.15) is 5.69 Å². The molecule has 1 aliphatic rings. The van der Waals surface area contributed by atoms with Crippen LogP contribution >= 0.6 is 0 Å². The zero-order chi connectivity index (χ0) is 18.1. The van der Waals surface area contributed by atoms with Crippen LogP contribution in [-0.4, -0.2) is 38.6 Å². The summed E-state index contributed by atoms with van der Waals surface area (Å²) in [6, 6.07) is 15.6. The molecule has 1 saturated heterocycles. The molecule has 1 amide bonds. The number of piperidine rings is 1. The molecule has 3 heterocycles. The van der Waals surface area contributed by atoms with E-state index in [1.165, 1.54) is 0 Å². The Morgan fingerprint density at radius 3 is 2.58 bits per heavy atom. The molecule has 0 aliphatic carbocycles. The lowest BCUT2D eigenvalue weighted by Crippen LogP contribution is -2.40. The van der Waals surface area contributed by atoms with Crippen LogP contribution in [0.3, 0.4) is 0 Å². The second kappa shape index (κ2) is 6.92. The van der Waals surface area contributed by atoms with Crippen molar-refractivity contribution in [3.63, 3.8) is 0 Å². The number of pyridine rings is 1. The molecule has 1 aromatic carbocycles. The Morgan fingerprint density at radius 1 is 1.15 bits per heavy atom. The van der Waals surface area contributed by atoms with Crippen LogP contribution < -0.4 is 0 Å². The van der Waals surface area contributed by atoms with Crippen molar-refractivity contribution in [3.05, 3.63) is 66.1 Å². The Bertz CT molecular complexity index is 911. The molecule has 5 nitrogen and oxygen atoms in total. The molecule has 2 aromatic heterocycles. The largest absolute Gasteiger partial charge is 0.387 e. The number of hydrogen-bond acceptors (Lipinski definition) is 3. The van der Waals surface area contributed by atoms with Crippen LogP contribution in [0.15, 0.2) is 54.7 Å². The van der Waals surface area contributed by atoms with Crippen LogP contribution in [0.25, 0.3) is 10.9 Å². The highest BCUT2D eigenvalue weighted by Crippen LogP contribution is 2.30. The third-order valence-corrected chi connectivity index (χ3v) is 5.43. The van der Waals surface area contributed by atoms with Gasteiger partial charge < -0.3 is 14.6 Å². The Kier molecular flexibility index (Phi) is 4.47. The first kappa shape index (κ1) is 16.8. The Labute approximate surface area is 152 Å². The number of para-hydroxylation sites is 1. The highest BCUT2D eigenvalue weighted by atomic mass is 16.3. The average Bonchev–Trinajstić information content (AvgIpc) is 3.04. The molecule has 26 heavy (non-hydrogen) atoms. The highest BCUT2D eigenvalue weighted by Gasteiger charge is 2.30. The minimum absolute atomic E-state index is 0.0643. The molecule has 134 valence electrons. The van der Waals surface area contributed by atoms with Crippen LogP contribution in [0.5, 0.6) is 0 Å². The van der Waals surface area contributed by atoms with E-state index in [0.29, 0.717) is 18.8 Å². The van der Waals surface area contributed by atoms with Crippen LogP contribution in [0, 0.1) is 5.92 Å². The van der Waals surface area contributed by atoms with E-state index < -0.39 is 6.10 Å². The summed E-state index contributed by atoms with van der Waals surface area (Å²) in [4.78, 5) is 19.1. The number of benzene rings is 1. The second-order valence-corrected chi connectivity index (χ2v) is 6.98. The predicted octanol–water partition coefficient (Wildman–Crippen LogP) is 3.16. The van der Waals surface area contributed by atoms with E-state index in [1.54, 1.807) is 6.20 Å². The highest BCUT2D eigenvalue weighted by molar-refractivity contribution is 5.98. The summed E-state index contributed by atoms with van der Waals surface area (Å²) in [5.41, 5.74) is 2.50. The summed E-state index contributed by atoms with van der Waals surface area (Å²) in [6.07, 6.45) is 2.71. The quantitative estimate of drug-likeness (QED) is 0.790. The number of carbonyl (C=O) groups excluding carboxylic acids is 1. The first-order valence-electron chi connectivity index (χ1n) is 9.08. The zero-order valence-electron chi connectivity index (χ0n) is 14.9. The molecule has 4 rings (SSSR count). The van der Waals surface area contributed by atoms with Gasteiger partial charge in [-0.25, -0.2) is 0 Å². The van der Waals surface area contributed by atoms with E-state index in [2.05, 4.69) is 4.98 Å². The molecule has 3 aromatic rings. The molecule has 1 aliphatic heterocycles. The van der Waals surface area contributed by atoms with Gasteiger partial charge in [-0.15, -0.1) is 0 Å². The minimum atomic E-state index is -0.564. The summed E-state index contributed by atoms with van der Waals surface area (Å²) in [6.45, 7) is 1.32. The van der Waals surface area contributed by atoms with Crippen molar-refractivity contribution in [3.8, 4) is 0 Å². The van der Waals surface area contributed by atoms with Gasteiger partial charge in [-0.2, -0.15) is 0 Å². The molecule has 0 spiro atoms. The third-order valence-electron chi connectivity index (χ3n) is 5.43. The third kappa shape index (κ3) is 2.99. The van der Waals surface area contributed by atoms with Crippen molar-refractivity contribution < 1.29 is 9.90 Å². The number of hydrogen-bond donors (Lipinski definition) is 1. The summed E-state index contributed by atoms with van der Waals surface area (Å²) < 4.78 is 1.96. The Balaban J connectivity index is 1.46. The topological polar surface area (TPSA) is 58.4 Å². The maximum atomic E-state index is 13.0. The first-order valence-corrected chi connectivity index (χ1v) is 9.08. The number of carbonyl (C=O) groups is 1. The number of nitrogens with zero attached hydrogens (tertiary/aromatic N) is 3. The fourth-order valence-corrected chi connectivity index (χ4v) is 3.87. The van der Waals surface area contributed by atoms with Crippen molar-refractivity contribution in [2.24, 2.45) is 13.0 Å². The SMILES string of the molecule is Cn1c(C(=O)N2CCC([C@H](O)c3ccccn3)CC2)cc2ccccc21. The molecule has 1 N–H and O–H groups in total. The van der Waals surface area contributed by atoms with Crippen LogP contribution in [-0.2, 0) is 7.05 Å².